The van der Waals surface area contributed by atoms with E-state index in [9.17, 15) is 23.1 Å². The summed E-state index contributed by atoms with van der Waals surface area (Å²) in [5.74, 6) is -0.867. The predicted octanol–water partition coefficient (Wildman–Crippen LogP) is 5.31. The van der Waals surface area contributed by atoms with E-state index in [-0.39, 0.29) is 11.4 Å². The van der Waals surface area contributed by atoms with Crippen LogP contribution in [-0.2, 0) is 6.18 Å². The van der Waals surface area contributed by atoms with Crippen LogP contribution in [0.4, 0.5) is 36.1 Å². The Labute approximate surface area is 159 Å². The van der Waals surface area contributed by atoms with Gasteiger partial charge in [0.25, 0.3) is 0 Å². The van der Waals surface area contributed by atoms with Crippen molar-refractivity contribution in [2.24, 2.45) is 0 Å². The first kappa shape index (κ1) is 19.2. The number of aromatic carboxylic acids is 1. The number of hydrogen-bond acceptors (Lipinski definition) is 4. The number of carbonyl (C=O) groups is 1. The molecule has 1 heterocycles. The number of nitrogens with zero attached hydrogens (tertiary/aromatic N) is 2. The maximum atomic E-state index is 12.7. The predicted molar refractivity (Wildman–Crippen MR) is 100 cm³/mol. The van der Waals surface area contributed by atoms with Gasteiger partial charge in [-0.05, 0) is 60.7 Å². The summed E-state index contributed by atoms with van der Waals surface area (Å²) < 4.78 is 38.0. The molecule has 1 aromatic heterocycles. The van der Waals surface area contributed by atoms with Crippen LogP contribution >= 0.6 is 0 Å². The lowest BCUT2D eigenvalue weighted by atomic mass is 10.1. The van der Waals surface area contributed by atoms with Crippen molar-refractivity contribution in [3.05, 3.63) is 78.0 Å². The van der Waals surface area contributed by atoms with Gasteiger partial charge >= 0.3 is 12.1 Å². The van der Waals surface area contributed by atoms with Crippen LogP contribution in [-0.4, -0.2) is 23.1 Å². The molecule has 0 radical (unpaired) electrons. The third-order valence-corrected chi connectivity index (χ3v) is 4.14. The van der Waals surface area contributed by atoms with Gasteiger partial charge in [0, 0.05) is 30.3 Å². The Morgan fingerprint density at radius 2 is 1.57 bits per heavy atom. The van der Waals surface area contributed by atoms with Crippen molar-refractivity contribution in [3.63, 3.8) is 0 Å². The van der Waals surface area contributed by atoms with Crippen molar-refractivity contribution in [2.75, 3.05) is 17.3 Å². The third kappa shape index (κ3) is 4.22. The number of carboxylic acid groups (broad SMARTS) is 1. The standard InChI is InChI=1S/C20H16F3N3O2/c1-26(15-8-4-13(5-9-15)20(21,22)23)16-10-6-14(7-11-16)25-18-17(19(27)28)3-2-12-24-18/h2-12H,1H3,(H,24,25)(H,27,28). The number of hydrogen-bond donors (Lipinski definition) is 2. The van der Waals surface area contributed by atoms with Crippen LogP contribution in [0.1, 0.15) is 15.9 Å². The normalized spacial score (nSPS) is 11.1. The zero-order chi connectivity index (χ0) is 20.3. The summed E-state index contributed by atoms with van der Waals surface area (Å²) in [6, 6.07) is 14.9. The molecule has 0 fully saturated rings. The number of anilines is 4. The molecular weight excluding hydrogens is 371 g/mol. The number of benzene rings is 2. The molecule has 0 bridgehead atoms. The van der Waals surface area contributed by atoms with E-state index in [1.807, 2.05) is 0 Å². The number of alkyl halides is 3. The summed E-state index contributed by atoms with van der Waals surface area (Å²) in [4.78, 5) is 17.0. The summed E-state index contributed by atoms with van der Waals surface area (Å²) >= 11 is 0. The number of nitrogens with one attached hydrogen (secondary N) is 1. The van der Waals surface area contributed by atoms with Crippen molar-refractivity contribution < 1.29 is 23.1 Å². The molecule has 5 nitrogen and oxygen atoms in total. The van der Waals surface area contributed by atoms with Crippen molar-refractivity contribution in [1.29, 1.82) is 0 Å². The van der Waals surface area contributed by atoms with E-state index in [4.69, 9.17) is 0 Å². The van der Waals surface area contributed by atoms with Crippen LogP contribution in [0.15, 0.2) is 66.9 Å². The average Bonchev–Trinajstić information content (AvgIpc) is 2.68. The second-order valence-electron chi connectivity index (χ2n) is 5.98. The Morgan fingerprint density at radius 3 is 2.11 bits per heavy atom. The van der Waals surface area contributed by atoms with Crippen molar-refractivity contribution in [2.45, 2.75) is 6.18 Å². The minimum Gasteiger partial charge on any atom is -0.478 e. The highest BCUT2D eigenvalue weighted by atomic mass is 19.4. The molecule has 144 valence electrons. The van der Waals surface area contributed by atoms with Crippen molar-refractivity contribution in [1.82, 2.24) is 4.98 Å². The summed E-state index contributed by atoms with van der Waals surface area (Å²) in [6.07, 6.45) is -2.88. The fourth-order valence-electron chi connectivity index (χ4n) is 2.61. The Balaban J connectivity index is 1.76. The van der Waals surface area contributed by atoms with E-state index in [2.05, 4.69) is 10.3 Å². The number of pyridine rings is 1. The third-order valence-electron chi connectivity index (χ3n) is 4.14. The highest BCUT2D eigenvalue weighted by Gasteiger charge is 2.30. The quantitative estimate of drug-likeness (QED) is 0.621. The molecule has 0 spiro atoms. The molecule has 0 saturated heterocycles. The van der Waals surface area contributed by atoms with Gasteiger partial charge in [0.15, 0.2) is 0 Å². The minimum atomic E-state index is -4.37. The van der Waals surface area contributed by atoms with E-state index in [0.717, 1.165) is 17.8 Å². The average molecular weight is 387 g/mol. The zero-order valence-corrected chi connectivity index (χ0v) is 14.7. The summed E-state index contributed by atoms with van der Waals surface area (Å²) in [6.45, 7) is 0. The molecule has 8 heteroatoms. The van der Waals surface area contributed by atoms with Gasteiger partial charge in [0.05, 0.1) is 5.56 Å². The summed E-state index contributed by atoms with van der Waals surface area (Å²) in [7, 11) is 1.74. The van der Waals surface area contributed by atoms with E-state index in [1.54, 1.807) is 36.2 Å². The summed E-state index contributed by atoms with van der Waals surface area (Å²) in [5, 5.41) is 12.1. The number of aromatic nitrogens is 1. The van der Waals surface area contributed by atoms with Gasteiger partial charge in [-0.1, -0.05) is 0 Å². The topological polar surface area (TPSA) is 65.5 Å². The molecule has 2 N–H and O–H groups in total. The molecule has 0 saturated carbocycles. The van der Waals surface area contributed by atoms with Gasteiger partial charge in [0.1, 0.15) is 11.4 Å². The largest absolute Gasteiger partial charge is 0.478 e. The zero-order valence-electron chi connectivity index (χ0n) is 14.7. The Bertz CT molecular complexity index is 971. The lowest BCUT2D eigenvalue weighted by molar-refractivity contribution is -0.137. The van der Waals surface area contributed by atoms with E-state index in [1.165, 1.54) is 30.5 Å². The molecular formula is C20H16F3N3O2. The van der Waals surface area contributed by atoms with Gasteiger partial charge < -0.3 is 15.3 Å². The lowest BCUT2D eigenvalue weighted by Gasteiger charge is -2.20. The number of carboxylic acids is 1. The maximum absolute atomic E-state index is 12.7. The summed E-state index contributed by atoms with van der Waals surface area (Å²) in [5.41, 5.74) is 1.34. The van der Waals surface area contributed by atoms with Gasteiger partial charge in [-0.15, -0.1) is 0 Å². The number of rotatable bonds is 5. The molecule has 2 aromatic carbocycles. The molecule has 0 aliphatic carbocycles. The van der Waals surface area contributed by atoms with Gasteiger partial charge in [-0.2, -0.15) is 13.2 Å². The van der Waals surface area contributed by atoms with Gasteiger partial charge in [-0.25, -0.2) is 9.78 Å². The first-order valence-corrected chi connectivity index (χ1v) is 8.22. The Hall–Kier alpha value is -3.55. The molecule has 0 aliphatic heterocycles. The van der Waals surface area contributed by atoms with Crippen LogP contribution in [0, 0.1) is 0 Å². The molecule has 0 amide bonds. The number of halogens is 3. The molecule has 3 rings (SSSR count). The van der Waals surface area contributed by atoms with Crippen molar-refractivity contribution >= 4 is 28.8 Å². The molecule has 0 aliphatic rings. The fraction of sp³-hybridized carbons (Fsp3) is 0.100. The van der Waals surface area contributed by atoms with Crippen molar-refractivity contribution in [3.8, 4) is 0 Å². The smallest absolute Gasteiger partial charge is 0.416 e. The Morgan fingerprint density at radius 1 is 1.00 bits per heavy atom. The highest BCUT2D eigenvalue weighted by molar-refractivity contribution is 5.93. The van der Waals surface area contributed by atoms with E-state index < -0.39 is 17.7 Å². The highest BCUT2D eigenvalue weighted by Crippen LogP contribution is 2.32. The Kier molecular flexibility index (Phi) is 5.21. The molecule has 0 unspecified atom stereocenters. The SMILES string of the molecule is CN(c1ccc(Nc2ncccc2C(=O)O)cc1)c1ccc(C(F)(F)F)cc1. The molecule has 28 heavy (non-hydrogen) atoms. The minimum absolute atomic E-state index is 0.0495. The molecule has 0 atom stereocenters. The first-order valence-electron chi connectivity index (χ1n) is 8.22. The van der Waals surface area contributed by atoms with Crippen LogP contribution in [0.3, 0.4) is 0 Å². The second-order valence-corrected chi connectivity index (χ2v) is 5.98. The van der Waals surface area contributed by atoms with E-state index >= 15 is 0 Å². The fourth-order valence-corrected chi connectivity index (χ4v) is 2.61. The van der Waals surface area contributed by atoms with Crippen LogP contribution < -0.4 is 10.2 Å². The second kappa shape index (κ2) is 7.59. The van der Waals surface area contributed by atoms with Crippen LogP contribution in [0.25, 0.3) is 0 Å². The van der Waals surface area contributed by atoms with E-state index in [0.29, 0.717) is 11.4 Å². The first-order chi connectivity index (χ1) is 13.3. The van der Waals surface area contributed by atoms with Crippen LogP contribution in [0.2, 0.25) is 0 Å². The molecule has 3 aromatic rings. The van der Waals surface area contributed by atoms with Gasteiger partial charge in [0.2, 0.25) is 0 Å². The van der Waals surface area contributed by atoms with Crippen LogP contribution in [0.5, 0.6) is 0 Å². The maximum Gasteiger partial charge on any atom is 0.416 e. The van der Waals surface area contributed by atoms with Gasteiger partial charge in [-0.3, -0.25) is 0 Å². The monoisotopic (exact) mass is 387 g/mol. The lowest BCUT2D eigenvalue weighted by Crippen LogP contribution is -2.10.